The second-order valence-electron chi connectivity index (χ2n) is 4.47. The Balaban J connectivity index is 1.91. The molecule has 0 heterocycles. The third-order valence-electron chi connectivity index (χ3n) is 2.85. The number of thioether (sulfide) groups is 1. The van der Waals surface area contributed by atoms with Gasteiger partial charge >= 0.3 is 0 Å². The van der Waals surface area contributed by atoms with Crippen LogP contribution in [0.1, 0.15) is 5.56 Å². The Morgan fingerprint density at radius 2 is 1.86 bits per heavy atom. The van der Waals surface area contributed by atoms with Crippen LogP contribution < -0.4 is 4.72 Å². The zero-order chi connectivity index (χ0) is 15.3. The van der Waals surface area contributed by atoms with Crippen LogP contribution in [-0.4, -0.2) is 20.7 Å². The SMILES string of the molecule is Cc1cc(S(=O)(=O)NCCSc2ccccc2)ccc1F. The fraction of sp³-hybridized carbons (Fsp3) is 0.200. The highest BCUT2D eigenvalue weighted by Gasteiger charge is 2.14. The Morgan fingerprint density at radius 1 is 1.14 bits per heavy atom. The number of nitrogens with one attached hydrogen (secondary N) is 1. The van der Waals surface area contributed by atoms with E-state index in [-0.39, 0.29) is 4.90 Å². The maximum atomic E-state index is 13.2. The van der Waals surface area contributed by atoms with E-state index in [1.165, 1.54) is 18.2 Å². The van der Waals surface area contributed by atoms with Crippen LogP contribution in [0, 0.1) is 12.7 Å². The molecule has 1 N–H and O–H groups in total. The van der Waals surface area contributed by atoms with E-state index in [0.29, 0.717) is 17.9 Å². The number of halogens is 1. The van der Waals surface area contributed by atoms with E-state index >= 15 is 0 Å². The van der Waals surface area contributed by atoms with Crippen molar-refractivity contribution in [3.05, 3.63) is 59.9 Å². The number of sulfonamides is 1. The average molecular weight is 325 g/mol. The second kappa shape index (κ2) is 7.06. The van der Waals surface area contributed by atoms with Crippen molar-refractivity contribution in [2.24, 2.45) is 0 Å². The van der Waals surface area contributed by atoms with Crippen molar-refractivity contribution in [2.75, 3.05) is 12.3 Å². The predicted molar refractivity (Wildman–Crippen MR) is 83.5 cm³/mol. The summed E-state index contributed by atoms with van der Waals surface area (Å²) in [7, 11) is -3.58. The topological polar surface area (TPSA) is 46.2 Å². The van der Waals surface area contributed by atoms with Crippen LogP contribution in [0.25, 0.3) is 0 Å². The molecule has 21 heavy (non-hydrogen) atoms. The van der Waals surface area contributed by atoms with Crippen LogP contribution in [0.2, 0.25) is 0 Å². The summed E-state index contributed by atoms with van der Waals surface area (Å²) in [4.78, 5) is 1.18. The van der Waals surface area contributed by atoms with Gasteiger partial charge in [0, 0.05) is 17.2 Å². The van der Waals surface area contributed by atoms with Gasteiger partial charge in [0.1, 0.15) is 5.82 Å². The number of hydrogen-bond donors (Lipinski definition) is 1. The lowest BCUT2D eigenvalue weighted by Crippen LogP contribution is -2.26. The normalized spacial score (nSPS) is 11.5. The maximum Gasteiger partial charge on any atom is 0.240 e. The molecular formula is C15H16FNO2S2. The van der Waals surface area contributed by atoms with Crippen LogP contribution in [-0.2, 0) is 10.0 Å². The van der Waals surface area contributed by atoms with Crippen LogP contribution in [0.4, 0.5) is 4.39 Å². The van der Waals surface area contributed by atoms with E-state index in [1.54, 1.807) is 18.7 Å². The molecule has 0 amide bonds. The van der Waals surface area contributed by atoms with Gasteiger partial charge in [0.2, 0.25) is 10.0 Å². The molecule has 2 aromatic rings. The Morgan fingerprint density at radius 3 is 2.52 bits per heavy atom. The summed E-state index contributed by atoms with van der Waals surface area (Å²) < 4.78 is 39.8. The lowest BCUT2D eigenvalue weighted by molar-refractivity contribution is 0.582. The van der Waals surface area contributed by atoms with E-state index in [1.807, 2.05) is 30.3 Å². The number of benzene rings is 2. The summed E-state index contributed by atoms with van der Waals surface area (Å²) >= 11 is 1.57. The van der Waals surface area contributed by atoms with Gasteiger partial charge in [-0.25, -0.2) is 17.5 Å². The molecule has 0 bridgehead atoms. The highest BCUT2D eigenvalue weighted by molar-refractivity contribution is 7.99. The molecule has 112 valence electrons. The molecule has 0 aliphatic heterocycles. The first-order valence-corrected chi connectivity index (χ1v) is 8.89. The lowest BCUT2D eigenvalue weighted by Gasteiger charge is -2.08. The first-order chi connectivity index (χ1) is 9.99. The van der Waals surface area contributed by atoms with Crippen molar-refractivity contribution in [2.45, 2.75) is 16.7 Å². The van der Waals surface area contributed by atoms with E-state index < -0.39 is 15.8 Å². The molecule has 0 aliphatic carbocycles. The third kappa shape index (κ3) is 4.56. The summed E-state index contributed by atoms with van der Waals surface area (Å²) in [6.45, 7) is 1.86. The van der Waals surface area contributed by atoms with Crippen LogP contribution in [0.5, 0.6) is 0 Å². The molecule has 0 atom stereocenters. The Bertz CT molecular complexity index is 703. The van der Waals surface area contributed by atoms with E-state index in [4.69, 9.17) is 0 Å². The zero-order valence-corrected chi connectivity index (χ0v) is 13.2. The highest BCUT2D eigenvalue weighted by atomic mass is 32.2. The summed E-state index contributed by atoms with van der Waals surface area (Å²) in [5.41, 5.74) is 0.316. The van der Waals surface area contributed by atoms with Crippen molar-refractivity contribution in [1.29, 1.82) is 0 Å². The third-order valence-corrected chi connectivity index (χ3v) is 5.32. The van der Waals surface area contributed by atoms with Gasteiger partial charge in [0.25, 0.3) is 0 Å². The quantitative estimate of drug-likeness (QED) is 0.655. The molecule has 0 radical (unpaired) electrons. The van der Waals surface area contributed by atoms with Crippen LogP contribution in [0.15, 0.2) is 58.3 Å². The van der Waals surface area contributed by atoms with Crippen molar-refractivity contribution in [3.63, 3.8) is 0 Å². The molecule has 0 spiro atoms. The molecule has 6 heteroatoms. The number of aryl methyl sites for hydroxylation is 1. The largest absolute Gasteiger partial charge is 0.240 e. The van der Waals surface area contributed by atoms with Gasteiger partial charge in [-0.15, -0.1) is 11.8 Å². The van der Waals surface area contributed by atoms with Crippen LogP contribution >= 0.6 is 11.8 Å². The average Bonchev–Trinajstić information content (AvgIpc) is 2.47. The smallest absolute Gasteiger partial charge is 0.210 e. The van der Waals surface area contributed by atoms with E-state index in [2.05, 4.69) is 4.72 Å². The first-order valence-electron chi connectivity index (χ1n) is 6.43. The zero-order valence-electron chi connectivity index (χ0n) is 11.5. The molecule has 0 fully saturated rings. The van der Waals surface area contributed by atoms with Gasteiger partial charge in [0.05, 0.1) is 4.90 Å². The Labute approximate surface area is 128 Å². The number of rotatable bonds is 6. The first kappa shape index (κ1) is 16.0. The summed E-state index contributed by atoms with van der Waals surface area (Å²) in [6, 6.07) is 13.5. The van der Waals surface area contributed by atoms with Gasteiger partial charge < -0.3 is 0 Å². The van der Waals surface area contributed by atoms with Gasteiger partial charge in [0.15, 0.2) is 0 Å². The second-order valence-corrected chi connectivity index (χ2v) is 7.41. The van der Waals surface area contributed by atoms with Crippen molar-refractivity contribution in [3.8, 4) is 0 Å². The maximum absolute atomic E-state index is 13.2. The van der Waals surface area contributed by atoms with E-state index in [9.17, 15) is 12.8 Å². The molecule has 3 nitrogen and oxygen atoms in total. The fourth-order valence-corrected chi connectivity index (χ4v) is 3.76. The fourth-order valence-electron chi connectivity index (χ4n) is 1.73. The molecular weight excluding hydrogens is 309 g/mol. The molecule has 0 saturated carbocycles. The number of hydrogen-bond acceptors (Lipinski definition) is 3. The Hall–Kier alpha value is -1.37. The van der Waals surface area contributed by atoms with Crippen LogP contribution in [0.3, 0.4) is 0 Å². The van der Waals surface area contributed by atoms with E-state index in [0.717, 1.165) is 4.90 Å². The van der Waals surface area contributed by atoms with Crippen molar-refractivity contribution >= 4 is 21.8 Å². The van der Waals surface area contributed by atoms with Crippen molar-refractivity contribution < 1.29 is 12.8 Å². The summed E-state index contributed by atoms with van der Waals surface area (Å²) in [5.74, 6) is 0.220. The lowest BCUT2D eigenvalue weighted by atomic mass is 10.2. The summed E-state index contributed by atoms with van der Waals surface area (Å²) in [6.07, 6.45) is 0. The molecule has 2 aromatic carbocycles. The molecule has 0 aromatic heterocycles. The van der Waals surface area contributed by atoms with Gasteiger partial charge in [-0.05, 0) is 42.8 Å². The minimum absolute atomic E-state index is 0.0890. The predicted octanol–water partition coefficient (Wildman–Crippen LogP) is 3.20. The van der Waals surface area contributed by atoms with Crippen molar-refractivity contribution in [1.82, 2.24) is 4.72 Å². The summed E-state index contributed by atoms with van der Waals surface area (Å²) in [5, 5.41) is 0. The highest BCUT2D eigenvalue weighted by Crippen LogP contribution is 2.17. The molecule has 2 rings (SSSR count). The minimum atomic E-state index is -3.58. The van der Waals surface area contributed by atoms with Gasteiger partial charge in [-0.1, -0.05) is 18.2 Å². The standard InChI is InChI=1S/C15H16FNO2S2/c1-12-11-14(7-8-15(12)16)21(18,19)17-9-10-20-13-5-3-2-4-6-13/h2-8,11,17H,9-10H2,1H3. The monoisotopic (exact) mass is 325 g/mol. The minimum Gasteiger partial charge on any atom is -0.210 e. The molecule has 0 aliphatic rings. The Kier molecular flexibility index (Phi) is 5.39. The van der Waals surface area contributed by atoms with Gasteiger partial charge in [-0.2, -0.15) is 0 Å². The molecule has 0 saturated heterocycles. The molecule has 0 unspecified atom stereocenters. The van der Waals surface area contributed by atoms with Gasteiger partial charge in [-0.3, -0.25) is 0 Å².